The number of benzene rings is 2. The molecule has 2 heterocycles. The van der Waals surface area contributed by atoms with Gasteiger partial charge in [-0.3, -0.25) is 9.59 Å². The van der Waals surface area contributed by atoms with Gasteiger partial charge in [0.1, 0.15) is 10.2 Å². The van der Waals surface area contributed by atoms with E-state index in [0.717, 1.165) is 12.8 Å². The molecule has 1 aliphatic heterocycles. The number of alkyl carbamates (subject to hydrolysis) is 1. The minimum atomic E-state index is -0.603. The fraction of sp³-hybridized carbons (Fsp3) is 0.321. The molecule has 2 amide bonds. The van der Waals surface area contributed by atoms with Gasteiger partial charge in [-0.1, -0.05) is 30.3 Å². The Bertz CT molecular complexity index is 1380. The predicted octanol–water partition coefficient (Wildman–Crippen LogP) is 4.80. The normalized spacial score (nSPS) is 15.4. The molecule has 0 radical (unpaired) electrons. The number of nitrogens with zero attached hydrogens (tertiary/aromatic N) is 3. The number of ether oxygens (including phenoxy) is 1. The summed E-state index contributed by atoms with van der Waals surface area (Å²) in [7, 11) is 0. The third kappa shape index (κ3) is 7.32. The highest BCUT2D eigenvalue weighted by molar-refractivity contribution is 9.10. The second kappa shape index (κ2) is 11.8. The van der Waals surface area contributed by atoms with Gasteiger partial charge < -0.3 is 26.0 Å². The average Bonchev–Trinajstić information content (AvgIpc) is 2.89. The van der Waals surface area contributed by atoms with Gasteiger partial charge in [0.15, 0.2) is 17.3 Å². The zero-order valence-corrected chi connectivity index (χ0v) is 23.6. The van der Waals surface area contributed by atoms with E-state index in [-0.39, 0.29) is 23.3 Å². The third-order valence-electron chi connectivity index (χ3n) is 6.01. The fourth-order valence-corrected chi connectivity index (χ4v) is 4.60. The molecule has 1 unspecified atom stereocenters. The van der Waals surface area contributed by atoms with Crippen LogP contribution in [0.1, 0.15) is 60.0 Å². The lowest BCUT2D eigenvalue weighted by Gasteiger charge is -2.36. The molecule has 4 N–H and O–H groups in total. The van der Waals surface area contributed by atoms with Crippen LogP contribution in [0.25, 0.3) is 0 Å². The molecule has 0 aliphatic carbocycles. The molecule has 11 heteroatoms. The van der Waals surface area contributed by atoms with Gasteiger partial charge in [-0.05, 0) is 67.7 Å². The summed E-state index contributed by atoms with van der Waals surface area (Å²) in [4.78, 5) is 49.0. The van der Waals surface area contributed by atoms with Gasteiger partial charge in [-0.2, -0.15) is 0 Å². The van der Waals surface area contributed by atoms with Crippen LogP contribution >= 0.6 is 15.9 Å². The Morgan fingerprint density at radius 1 is 1.10 bits per heavy atom. The Kier molecular flexibility index (Phi) is 8.49. The Hall–Kier alpha value is -3.99. The first-order valence-electron chi connectivity index (χ1n) is 12.6. The largest absolute Gasteiger partial charge is 0.444 e. The molecule has 0 spiro atoms. The van der Waals surface area contributed by atoms with Crippen LogP contribution in [0.4, 0.5) is 22.0 Å². The summed E-state index contributed by atoms with van der Waals surface area (Å²) in [6.07, 6.45) is 2.52. The van der Waals surface area contributed by atoms with E-state index in [2.05, 4.69) is 41.4 Å². The van der Waals surface area contributed by atoms with Crippen LogP contribution in [0.3, 0.4) is 0 Å². The molecule has 1 aromatic heterocycles. The van der Waals surface area contributed by atoms with E-state index in [9.17, 15) is 14.4 Å². The molecule has 39 heavy (non-hydrogen) atoms. The number of nitrogens with two attached hydrogens (primary N) is 1. The Balaban J connectivity index is 1.64. The highest BCUT2D eigenvalue weighted by atomic mass is 79.9. The Morgan fingerprint density at radius 2 is 1.85 bits per heavy atom. The zero-order chi connectivity index (χ0) is 28.2. The monoisotopic (exact) mass is 594 g/mol. The van der Waals surface area contributed by atoms with Crippen molar-refractivity contribution in [3.63, 3.8) is 0 Å². The maximum atomic E-state index is 13.2. The molecule has 0 saturated carbocycles. The van der Waals surface area contributed by atoms with Crippen LogP contribution in [0, 0.1) is 0 Å². The van der Waals surface area contributed by atoms with Gasteiger partial charge >= 0.3 is 6.09 Å². The lowest BCUT2D eigenvalue weighted by molar-refractivity contribution is 0.0499. The number of carbonyl (C=O) groups excluding carboxylic acids is 3. The van der Waals surface area contributed by atoms with Crippen molar-refractivity contribution in [1.82, 2.24) is 15.3 Å². The van der Waals surface area contributed by atoms with Crippen LogP contribution in [-0.4, -0.2) is 52.5 Å². The van der Waals surface area contributed by atoms with Crippen molar-refractivity contribution in [3.05, 3.63) is 76.2 Å². The lowest BCUT2D eigenvalue weighted by Crippen LogP contribution is -2.49. The fourth-order valence-electron chi connectivity index (χ4n) is 4.32. The molecule has 1 aliphatic rings. The maximum absolute atomic E-state index is 13.2. The SMILES string of the molecule is CC(C)(C)OC(=O)NC1CCCN(c2ccc(C(=O)c3ccccc3)cc2NC(=O)c2nc(Br)cnc2N)C1. The smallest absolute Gasteiger partial charge is 0.407 e. The number of halogens is 1. The lowest BCUT2D eigenvalue weighted by atomic mass is 10.0. The molecule has 2 aromatic carbocycles. The van der Waals surface area contributed by atoms with Gasteiger partial charge in [0.2, 0.25) is 0 Å². The van der Waals surface area contributed by atoms with Crippen molar-refractivity contribution < 1.29 is 19.1 Å². The number of rotatable bonds is 6. The number of anilines is 3. The van der Waals surface area contributed by atoms with Crippen molar-refractivity contribution in [1.29, 1.82) is 0 Å². The van der Waals surface area contributed by atoms with E-state index in [4.69, 9.17) is 10.5 Å². The minimum Gasteiger partial charge on any atom is -0.444 e. The Morgan fingerprint density at radius 3 is 2.56 bits per heavy atom. The third-order valence-corrected chi connectivity index (χ3v) is 6.39. The van der Waals surface area contributed by atoms with Crippen molar-refractivity contribution in [2.24, 2.45) is 0 Å². The topological polar surface area (TPSA) is 140 Å². The second-order valence-corrected chi connectivity index (χ2v) is 11.1. The van der Waals surface area contributed by atoms with Crippen molar-refractivity contribution in [2.75, 3.05) is 29.0 Å². The van der Waals surface area contributed by atoms with Gasteiger partial charge in [-0.15, -0.1) is 0 Å². The van der Waals surface area contributed by atoms with E-state index in [0.29, 0.717) is 40.2 Å². The molecule has 204 valence electrons. The van der Waals surface area contributed by atoms with Crippen LogP contribution in [-0.2, 0) is 4.74 Å². The van der Waals surface area contributed by atoms with Crippen molar-refractivity contribution in [3.8, 4) is 0 Å². The first-order chi connectivity index (χ1) is 18.5. The summed E-state index contributed by atoms with van der Waals surface area (Å²) >= 11 is 3.22. The van der Waals surface area contributed by atoms with Crippen LogP contribution < -0.4 is 21.3 Å². The molecule has 3 aromatic rings. The standard InChI is InChI=1S/C28H31BrN6O4/c1-28(2,3)39-27(38)32-19-10-7-13-35(16-19)21-12-11-18(24(36)17-8-5-4-6-9-17)14-20(21)33-26(37)23-25(30)31-15-22(29)34-23/h4-6,8-9,11-12,14-15,19H,7,10,13,16H2,1-3H3,(H2,30,31)(H,32,38)(H,33,37). The number of nitrogens with one attached hydrogen (secondary N) is 2. The first kappa shape index (κ1) is 28.0. The van der Waals surface area contributed by atoms with E-state index in [1.54, 1.807) is 42.5 Å². The van der Waals surface area contributed by atoms with Gasteiger partial charge in [0.05, 0.1) is 17.6 Å². The minimum absolute atomic E-state index is 0.0200. The predicted molar refractivity (Wildman–Crippen MR) is 153 cm³/mol. The maximum Gasteiger partial charge on any atom is 0.407 e. The molecular weight excluding hydrogens is 564 g/mol. The van der Waals surface area contributed by atoms with Gasteiger partial charge in [0, 0.05) is 30.3 Å². The molecule has 0 bridgehead atoms. The molecule has 1 fully saturated rings. The number of hydrogen-bond donors (Lipinski definition) is 3. The summed E-state index contributed by atoms with van der Waals surface area (Å²) in [5.41, 5.74) is 7.33. The van der Waals surface area contributed by atoms with Crippen molar-refractivity contribution in [2.45, 2.75) is 45.3 Å². The van der Waals surface area contributed by atoms with Crippen LogP contribution in [0.5, 0.6) is 0 Å². The second-order valence-electron chi connectivity index (χ2n) is 10.2. The summed E-state index contributed by atoms with van der Waals surface area (Å²) in [6, 6.07) is 13.9. The highest BCUT2D eigenvalue weighted by Crippen LogP contribution is 2.31. The molecule has 4 rings (SSSR count). The summed E-state index contributed by atoms with van der Waals surface area (Å²) in [5.74, 6) is -0.761. The average molecular weight is 595 g/mol. The van der Waals surface area contributed by atoms with Crippen molar-refractivity contribution >= 4 is 50.9 Å². The molecule has 1 saturated heterocycles. The number of ketones is 1. The summed E-state index contributed by atoms with van der Waals surface area (Å²) in [5, 5.41) is 5.82. The number of hydrogen-bond acceptors (Lipinski definition) is 8. The van der Waals surface area contributed by atoms with E-state index < -0.39 is 17.6 Å². The number of piperidine rings is 1. The molecular formula is C28H31BrN6O4. The summed E-state index contributed by atoms with van der Waals surface area (Å²) < 4.78 is 5.78. The first-order valence-corrected chi connectivity index (χ1v) is 13.4. The quantitative estimate of drug-likeness (QED) is 0.346. The highest BCUT2D eigenvalue weighted by Gasteiger charge is 2.27. The summed E-state index contributed by atoms with van der Waals surface area (Å²) in [6.45, 7) is 6.63. The molecule has 10 nitrogen and oxygen atoms in total. The van der Waals surface area contributed by atoms with Gasteiger partial charge in [-0.25, -0.2) is 14.8 Å². The molecule has 1 atom stereocenters. The zero-order valence-electron chi connectivity index (χ0n) is 22.0. The number of nitrogen functional groups attached to an aromatic ring is 1. The van der Waals surface area contributed by atoms with Gasteiger partial charge in [0.25, 0.3) is 5.91 Å². The number of aromatic nitrogens is 2. The van der Waals surface area contributed by atoms with E-state index in [1.807, 2.05) is 26.8 Å². The Labute approximate surface area is 235 Å². The number of amides is 2. The number of carbonyl (C=O) groups is 3. The van der Waals surface area contributed by atoms with E-state index in [1.165, 1.54) is 6.20 Å². The van der Waals surface area contributed by atoms with Crippen LogP contribution in [0.2, 0.25) is 0 Å². The van der Waals surface area contributed by atoms with Crippen LogP contribution in [0.15, 0.2) is 59.3 Å². The van der Waals surface area contributed by atoms with E-state index >= 15 is 0 Å².